The second-order valence-electron chi connectivity index (χ2n) is 9.80. The quantitative estimate of drug-likeness (QED) is 0.202. The number of aromatic nitrogens is 1. The van der Waals surface area contributed by atoms with E-state index >= 15 is 0 Å². The van der Waals surface area contributed by atoms with Gasteiger partial charge in [0.05, 0.1) is 11.6 Å². The van der Waals surface area contributed by atoms with Crippen LogP contribution in [-0.2, 0) is 32.1 Å². The smallest absolute Gasteiger partial charge is 0.478 e. The van der Waals surface area contributed by atoms with E-state index < -0.39 is 36.3 Å². The van der Waals surface area contributed by atoms with Gasteiger partial charge in [-0.25, -0.2) is 19.4 Å². The zero-order valence-corrected chi connectivity index (χ0v) is 24.2. The van der Waals surface area contributed by atoms with Crippen LogP contribution in [0.15, 0.2) is 36.4 Å². The van der Waals surface area contributed by atoms with Crippen molar-refractivity contribution in [1.29, 1.82) is 0 Å². The Morgan fingerprint density at radius 3 is 1.93 bits per heavy atom. The van der Waals surface area contributed by atoms with Crippen molar-refractivity contribution >= 4 is 35.5 Å². The van der Waals surface area contributed by atoms with Crippen molar-refractivity contribution in [3.05, 3.63) is 58.8 Å². The first kappa shape index (κ1) is 39.1. The molecule has 1 aliphatic heterocycles. The van der Waals surface area contributed by atoms with E-state index in [1.807, 2.05) is 25.1 Å². The summed E-state index contributed by atoms with van der Waals surface area (Å²) < 4.78 is 63.5. The molecule has 1 saturated heterocycles. The molecule has 0 saturated carbocycles. The maximum Gasteiger partial charge on any atom is 0.490 e. The normalized spacial score (nSPS) is 16.4. The van der Waals surface area contributed by atoms with Gasteiger partial charge in [0, 0.05) is 12.2 Å². The Bertz CT molecular complexity index is 1360. The van der Waals surface area contributed by atoms with Gasteiger partial charge in [0.1, 0.15) is 11.9 Å². The predicted octanol–water partition coefficient (Wildman–Crippen LogP) is 2.28. The van der Waals surface area contributed by atoms with Gasteiger partial charge in [0.25, 0.3) is 0 Å². The van der Waals surface area contributed by atoms with E-state index in [4.69, 9.17) is 30.6 Å². The molecule has 0 bridgehead atoms. The van der Waals surface area contributed by atoms with E-state index in [0.717, 1.165) is 23.2 Å². The molecule has 1 aromatic heterocycles. The molecule has 8 N–H and O–H groups in total. The van der Waals surface area contributed by atoms with Gasteiger partial charge < -0.3 is 37.0 Å². The summed E-state index contributed by atoms with van der Waals surface area (Å²) in [5.41, 5.74) is 8.54. The fraction of sp³-hybridized carbons (Fsp3) is 0.407. The molecule has 2 amide bonds. The molecular formula is C27H31F6N5O8. The number of hydrogen-bond donors (Lipinski definition) is 7. The molecule has 0 radical (unpaired) electrons. The molecule has 3 rings (SSSR count). The molecule has 1 unspecified atom stereocenters. The van der Waals surface area contributed by atoms with Crippen molar-refractivity contribution < 1.29 is 65.6 Å². The zero-order valence-electron chi connectivity index (χ0n) is 24.2. The molecule has 1 aliphatic rings. The minimum absolute atomic E-state index is 0.207. The number of amides is 2. The number of pyridine rings is 1. The Kier molecular flexibility index (Phi) is 14.4. The highest BCUT2D eigenvalue weighted by Crippen LogP contribution is 2.20. The highest BCUT2D eigenvalue weighted by Gasteiger charge is 2.39. The lowest BCUT2D eigenvalue weighted by molar-refractivity contribution is -0.193. The molecule has 13 nitrogen and oxygen atoms in total. The zero-order chi connectivity index (χ0) is 35.4. The Morgan fingerprint density at radius 2 is 1.48 bits per heavy atom. The molecule has 3 atom stereocenters. The third-order valence-electron chi connectivity index (χ3n) is 6.17. The van der Waals surface area contributed by atoms with Gasteiger partial charge in [-0.05, 0) is 68.5 Å². The molecule has 254 valence electrons. The fourth-order valence-corrected chi connectivity index (χ4v) is 3.79. The van der Waals surface area contributed by atoms with Gasteiger partial charge in [0.15, 0.2) is 0 Å². The van der Waals surface area contributed by atoms with Crippen LogP contribution in [0, 0.1) is 12.8 Å². The number of nitrogen functional groups attached to an aromatic ring is 1. The van der Waals surface area contributed by atoms with Crippen molar-refractivity contribution in [2.75, 3.05) is 12.3 Å². The van der Waals surface area contributed by atoms with E-state index in [-0.39, 0.29) is 29.3 Å². The Balaban J connectivity index is 0.000000629. The molecule has 2 heterocycles. The minimum Gasteiger partial charge on any atom is -0.478 e. The molecule has 19 heteroatoms. The number of benzene rings is 1. The summed E-state index contributed by atoms with van der Waals surface area (Å²) in [6.45, 7) is 4.47. The van der Waals surface area contributed by atoms with Crippen LogP contribution in [0.5, 0.6) is 0 Å². The van der Waals surface area contributed by atoms with Gasteiger partial charge in [-0.15, -0.1) is 0 Å². The second kappa shape index (κ2) is 16.9. The van der Waals surface area contributed by atoms with E-state index in [0.29, 0.717) is 25.3 Å². The third-order valence-corrected chi connectivity index (χ3v) is 6.17. The molecule has 46 heavy (non-hydrogen) atoms. The topological polar surface area (TPSA) is 221 Å². The van der Waals surface area contributed by atoms with Crippen LogP contribution in [0.2, 0.25) is 0 Å². The van der Waals surface area contributed by atoms with Gasteiger partial charge >= 0.3 is 30.3 Å². The number of aliphatic carboxylic acids is 2. The third kappa shape index (κ3) is 13.8. The highest BCUT2D eigenvalue weighted by atomic mass is 19.4. The maximum atomic E-state index is 12.6. The first-order valence-corrected chi connectivity index (χ1v) is 13.1. The monoisotopic (exact) mass is 667 g/mol. The number of carbonyl (C=O) groups is 5. The number of rotatable bonds is 8. The molecular weight excluding hydrogens is 636 g/mol. The van der Waals surface area contributed by atoms with Crippen molar-refractivity contribution in [3.8, 4) is 0 Å². The number of hydrogen-bond acceptors (Lipinski definition) is 8. The SMILES string of the molecule is Cc1nc(N)ccc1CNC(=O)C(C)NC(=O)[C@H]1C[C@H](Cc2ccc(C(=O)O)cc2)CN1.O=C(O)C(F)(F)F.O=C(O)C(F)(F)F. The van der Waals surface area contributed by atoms with Crippen LogP contribution in [-0.4, -0.2) is 81.0 Å². The average molecular weight is 668 g/mol. The summed E-state index contributed by atoms with van der Waals surface area (Å²) in [5.74, 6) is -6.26. The van der Waals surface area contributed by atoms with E-state index in [1.165, 1.54) is 0 Å². The predicted molar refractivity (Wildman–Crippen MR) is 147 cm³/mol. The lowest BCUT2D eigenvalue weighted by atomic mass is 9.96. The number of carboxylic acids is 3. The van der Waals surface area contributed by atoms with Crippen LogP contribution in [0.4, 0.5) is 32.2 Å². The fourth-order valence-electron chi connectivity index (χ4n) is 3.79. The van der Waals surface area contributed by atoms with E-state index in [2.05, 4.69) is 20.9 Å². The summed E-state index contributed by atoms with van der Waals surface area (Å²) >= 11 is 0. The number of aryl methyl sites for hydroxylation is 1. The number of carboxylic acid groups (broad SMARTS) is 3. The minimum atomic E-state index is -5.08. The van der Waals surface area contributed by atoms with Crippen LogP contribution in [0.1, 0.15) is 40.5 Å². The Labute approximate surface area is 257 Å². The van der Waals surface area contributed by atoms with Crippen LogP contribution < -0.4 is 21.7 Å². The van der Waals surface area contributed by atoms with Crippen LogP contribution in [0.3, 0.4) is 0 Å². The highest BCUT2D eigenvalue weighted by molar-refractivity contribution is 5.89. The summed E-state index contributed by atoms with van der Waals surface area (Å²) in [5, 5.41) is 32.0. The van der Waals surface area contributed by atoms with E-state index in [1.54, 1.807) is 25.1 Å². The Morgan fingerprint density at radius 1 is 0.957 bits per heavy atom. The summed E-state index contributed by atoms with van der Waals surface area (Å²) in [6, 6.07) is 9.26. The number of nitrogens with one attached hydrogen (secondary N) is 3. The summed E-state index contributed by atoms with van der Waals surface area (Å²) in [4.78, 5) is 57.9. The number of halogens is 6. The number of anilines is 1. The van der Waals surface area contributed by atoms with Crippen LogP contribution >= 0.6 is 0 Å². The maximum absolute atomic E-state index is 12.6. The molecule has 2 aromatic rings. The van der Waals surface area contributed by atoms with Gasteiger partial charge in [-0.2, -0.15) is 26.3 Å². The molecule has 1 aromatic carbocycles. The number of nitrogens with zero attached hydrogens (tertiary/aromatic N) is 1. The second-order valence-corrected chi connectivity index (χ2v) is 9.80. The molecule has 1 fully saturated rings. The lowest BCUT2D eigenvalue weighted by Gasteiger charge is -2.17. The average Bonchev–Trinajstić information content (AvgIpc) is 3.41. The molecule has 0 spiro atoms. The lowest BCUT2D eigenvalue weighted by Crippen LogP contribution is -2.50. The first-order valence-electron chi connectivity index (χ1n) is 13.1. The Hall–Kier alpha value is -4.94. The number of nitrogens with two attached hydrogens (primary N) is 1. The van der Waals surface area contributed by atoms with Crippen LogP contribution in [0.25, 0.3) is 0 Å². The summed E-state index contributed by atoms with van der Waals surface area (Å²) in [7, 11) is 0. The van der Waals surface area contributed by atoms with Crippen molar-refractivity contribution in [3.63, 3.8) is 0 Å². The summed E-state index contributed by atoms with van der Waals surface area (Å²) in [6.07, 6.45) is -8.77. The van der Waals surface area contributed by atoms with Gasteiger partial charge in [0.2, 0.25) is 11.8 Å². The van der Waals surface area contributed by atoms with E-state index in [9.17, 15) is 40.7 Å². The number of alkyl halides is 6. The standard InChI is InChI=1S/C23H29N5O4.2C2HF3O2/c1-13-18(7-8-20(24)27-13)12-26-21(29)14(2)28-22(30)19-10-16(11-25-19)9-15-3-5-17(6-4-15)23(31)32;2*3-2(4,5)1(6)7/h3-8,14,16,19,25H,9-12H2,1-2H3,(H2,24,27)(H,26,29)(H,28,30)(H,31,32);2*(H,6,7)/t14?,16-,19+;;/m0../s1. The number of carbonyl (C=O) groups excluding carboxylic acids is 2. The van der Waals surface area contributed by atoms with Crippen molar-refractivity contribution in [2.24, 2.45) is 5.92 Å². The number of aromatic carboxylic acids is 1. The van der Waals surface area contributed by atoms with Gasteiger partial charge in [-0.3, -0.25) is 9.59 Å². The van der Waals surface area contributed by atoms with Crippen molar-refractivity contribution in [2.45, 2.75) is 57.7 Å². The first-order chi connectivity index (χ1) is 21.1. The van der Waals surface area contributed by atoms with Gasteiger partial charge in [-0.1, -0.05) is 18.2 Å². The molecule has 0 aliphatic carbocycles. The van der Waals surface area contributed by atoms with Crippen molar-refractivity contribution in [1.82, 2.24) is 20.9 Å². The largest absolute Gasteiger partial charge is 0.490 e.